The van der Waals surface area contributed by atoms with Gasteiger partial charge in [0.05, 0.1) is 12.7 Å². The highest BCUT2D eigenvalue weighted by Crippen LogP contribution is 2.18. The molecule has 0 aliphatic heterocycles. The van der Waals surface area contributed by atoms with Crippen molar-refractivity contribution in [3.63, 3.8) is 0 Å². The summed E-state index contributed by atoms with van der Waals surface area (Å²) in [5, 5.41) is 0. The molecule has 0 aromatic heterocycles. The smallest absolute Gasteiger partial charge is 0.338 e. The number of hydrogen-bond acceptors (Lipinski definition) is 5. The molecule has 0 bridgehead atoms. The van der Waals surface area contributed by atoms with Crippen molar-refractivity contribution in [2.75, 3.05) is 26.5 Å². The molecule has 0 heterocycles. The molecule has 1 amide bonds. The molecule has 0 aliphatic rings. The Hall–Kier alpha value is -3.02. The second-order valence-corrected chi connectivity index (χ2v) is 5.26. The first-order valence-electron chi connectivity index (χ1n) is 7.39. The number of nitrogen functional groups attached to an aromatic ring is 1. The Morgan fingerprint density at radius 1 is 1.08 bits per heavy atom. The van der Waals surface area contributed by atoms with E-state index in [1.165, 1.54) is 4.90 Å². The predicted octanol–water partition coefficient (Wildman–Crippen LogP) is 2.09. The Morgan fingerprint density at radius 3 is 2.42 bits per heavy atom. The van der Waals surface area contributed by atoms with E-state index in [4.69, 9.17) is 15.2 Å². The monoisotopic (exact) mass is 328 g/mol. The van der Waals surface area contributed by atoms with Crippen LogP contribution in [0, 0.1) is 0 Å². The standard InChI is InChI=1S/C18H20N2O4/c1-20(11-14-5-3-4-6-16(14)23-2)17(21)12-24-18(22)13-7-9-15(19)10-8-13/h3-10H,11-12,19H2,1-2H3. The molecule has 0 aliphatic carbocycles. The zero-order valence-electron chi connectivity index (χ0n) is 13.7. The van der Waals surface area contributed by atoms with Gasteiger partial charge in [0.1, 0.15) is 5.75 Å². The Morgan fingerprint density at radius 2 is 1.75 bits per heavy atom. The van der Waals surface area contributed by atoms with Crippen molar-refractivity contribution in [2.45, 2.75) is 6.54 Å². The molecule has 24 heavy (non-hydrogen) atoms. The van der Waals surface area contributed by atoms with E-state index in [2.05, 4.69) is 0 Å². The number of nitrogens with two attached hydrogens (primary N) is 1. The van der Waals surface area contributed by atoms with Gasteiger partial charge in [-0.1, -0.05) is 18.2 Å². The van der Waals surface area contributed by atoms with Crippen molar-refractivity contribution in [3.05, 3.63) is 59.7 Å². The van der Waals surface area contributed by atoms with E-state index in [1.807, 2.05) is 24.3 Å². The lowest BCUT2D eigenvalue weighted by molar-refractivity contribution is -0.133. The molecular formula is C18H20N2O4. The summed E-state index contributed by atoms with van der Waals surface area (Å²) in [6.45, 7) is 0.0388. The van der Waals surface area contributed by atoms with Crippen molar-refractivity contribution < 1.29 is 19.1 Å². The summed E-state index contributed by atoms with van der Waals surface area (Å²) in [6.07, 6.45) is 0. The molecule has 0 saturated carbocycles. The number of likely N-dealkylation sites (N-methyl/N-ethyl adjacent to an activating group) is 1. The van der Waals surface area contributed by atoms with Gasteiger partial charge in [-0.25, -0.2) is 4.79 Å². The summed E-state index contributed by atoms with van der Waals surface area (Å²) in [6, 6.07) is 13.8. The first-order valence-corrected chi connectivity index (χ1v) is 7.39. The number of nitrogens with zero attached hydrogens (tertiary/aromatic N) is 1. The van der Waals surface area contributed by atoms with E-state index in [0.29, 0.717) is 23.5 Å². The van der Waals surface area contributed by atoms with Crippen molar-refractivity contribution in [2.24, 2.45) is 0 Å². The van der Waals surface area contributed by atoms with Crippen LogP contribution in [0.3, 0.4) is 0 Å². The molecule has 126 valence electrons. The third kappa shape index (κ3) is 4.49. The van der Waals surface area contributed by atoms with Crippen molar-refractivity contribution >= 4 is 17.6 Å². The van der Waals surface area contributed by atoms with Gasteiger partial charge in [-0.15, -0.1) is 0 Å². The number of esters is 1. The Kier molecular flexibility index (Phi) is 5.78. The first-order chi connectivity index (χ1) is 11.5. The highest BCUT2D eigenvalue weighted by atomic mass is 16.5. The minimum Gasteiger partial charge on any atom is -0.496 e. The topological polar surface area (TPSA) is 81.9 Å². The number of benzene rings is 2. The second-order valence-electron chi connectivity index (χ2n) is 5.26. The summed E-state index contributed by atoms with van der Waals surface area (Å²) in [5.74, 6) is -0.158. The quantitative estimate of drug-likeness (QED) is 0.648. The van der Waals surface area contributed by atoms with Gasteiger partial charge >= 0.3 is 5.97 Å². The van der Waals surface area contributed by atoms with E-state index in [1.54, 1.807) is 38.4 Å². The highest BCUT2D eigenvalue weighted by molar-refractivity contribution is 5.91. The van der Waals surface area contributed by atoms with Crippen molar-refractivity contribution in [1.82, 2.24) is 4.90 Å². The van der Waals surface area contributed by atoms with Gasteiger partial charge in [-0.3, -0.25) is 4.79 Å². The van der Waals surface area contributed by atoms with Gasteiger partial charge < -0.3 is 20.1 Å². The number of para-hydroxylation sites is 1. The van der Waals surface area contributed by atoms with Crippen LogP contribution in [0.4, 0.5) is 5.69 Å². The maximum absolute atomic E-state index is 12.1. The molecule has 0 fully saturated rings. The van der Waals surface area contributed by atoms with E-state index < -0.39 is 5.97 Å². The SMILES string of the molecule is COc1ccccc1CN(C)C(=O)COC(=O)c1ccc(N)cc1. The van der Waals surface area contributed by atoms with Crippen LogP contribution in [0.5, 0.6) is 5.75 Å². The Labute approximate surface area is 140 Å². The minimum atomic E-state index is -0.561. The molecule has 6 heteroatoms. The largest absolute Gasteiger partial charge is 0.496 e. The lowest BCUT2D eigenvalue weighted by Crippen LogP contribution is -2.31. The lowest BCUT2D eigenvalue weighted by Gasteiger charge is -2.18. The zero-order valence-corrected chi connectivity index (χ0v) is 13.7. The molecule has 2 rings (SSSR count). The summed E-state index contributed by atoms with van der Waals surface area (Å²) < 4.78 is 10.3. The van der Waals surface area contributed by atoms with Crippen LogP contribution in [-0.4, -0.2) is 37.5 Å². The van der Waals surface area contributed by atoms with Crippen LogP contribution in [0.25, 0.3) is 0 Å². The van der Waals surface area contributed by atoms with E-state index >= 15 is 0 Å². The van der Waals surface area contributed by atoms with Crippen LogP contribution in [0.15, 0.2) is 48.5 Å². The third-order valence-corrected chi connectivity index (χ3v) is 3.50. The maximum Gasteiger partial charge on any atom is 0.338 e. The van der Waals surface area contributed by atoms with Crippen molar-refractivity contribution in [3.8, 4) is 5.75 Å². The number of hydrogen-bond donors (Lipinski definition) is 1. The molecule has 6 nitrogen and oxygen atoms in total. The Balaban J connectivity index is 1.89. The number of rotatable bonds is 6. The number of carbonyl (C=O) groups is 2. The van der Waals surface area contributed by atoms with E-state index in [-0.39, 0.29) is 12.5 Å². The molecule has 0 unspecified atom stereocenters. The van der Waals surface area contributed by atoms with Crippen LogP contribution in [-0.2, 0) is 16.1 Å². The van der Waals surface area contributed by atoms with Gasteiger partial charge in [-0.2, -0.15) is 0 Å². The zero-order chi connectivity index (χ0) is 17.5. The molecule has 0 saturated heterocycles. The van der Waals surface area contributed by atoms with Crippen LogP contribution in [0.1, 0.15) is 15.9 Å². The molecule has 2 N–H and O–H groups in total. The average Bonchev–Trinajstić information content (AvgIpc) is 2.60. The summed E-state index contributed by atoms with van der Waals surface area (Å²) >= 11 is 0. The number of anilines is 1. The Bertz CT molecular complexity index is 713. The second kappa shape index (κ2) is 8.01. The number of carbonyl (C=O) groups excluding carboxylic acids is 2. The number of methoxy groups -OCH3 is 1. The van der Waals surface area contributed by atoms with Crippen LogP contribution >= 0.6 is 0 Å². The van der Waals surface area contributed by atoms with E-state index in [9.17, 15) is 9.59 Å². The minimum absolute atomic E-state index is 0.301. The van der Waals surface area contributed by atoms with Gasteiger partial charge in [0.15, 0.2) is 6.61 Å². The van der Waals surface area contributed by atoms with Crippen LogP contribution < -0.4 is 10.5 Å². The fourth-order valence-corrected chi connectivity index (χ4v) is 2.12. The number of ether oxygens (including phenoxy) is 2. The molecule has 0 atom stereocenters. The van der Waals surface area contributed by atoms with Gasteiger partial charge in [0, 0.05) is 24.8 Å². The molecule has 0 spiro atoms. The highest BCUT2D eigenvalue weighted by Gasteiger charge is 2.15. The first kappa shape index (κ1) is 17.3. The fourth-order valence-electron chi connectivity index (χ4n) is 2.12. The number of amides is 1. The van der Waals surface area contributed by atoms with Gasteiger partial charge in [0.2, 0.25) is 0 Å². The molecule has 2 aromatic carbocycles. The van der Waals surface area contributed by atoms with E-state index in [0.717, 1.165) is 5.56 Å². The summed E-state index contributed by atoms with van der Waals surface area (Å²) in [4.78, 5) is 25.5. The van der Waals surface area contributed by atoms with Crippen LogP contribution in [0.2, 0.25) is 0 Å². The molecular weight excluding hydrogens is 308 g/mol. The van der Waals surface area contributed by atoms with Crippen molar-refractivity contribution in [1.29, 1.82) is 0 Å². The lowest BCUT2D eigenvalue weighted by atomic mass is 10.2. The molecule has 2 aromatic rings. The third-order valence-electron chi connectivity index (χ3n) is 3.50. The fraction of sp³-hybridized carbons (Fsp3) is 0.222. The summed E-state index contributed by atoms with van der Waals surface area (Å²) in [5.41, 5.74) is 7.34. The molecule has 0 radical (unpaired) electrons. The van der Waals surface area contributed by atoms with Gasteiger partial charge in [0.25, 0.3) is 5.91 Å². The average molecular weight is 328 g/mol. The maximum atomic E-state index is 12.1. The normalized spacial score (nSPS) is 10.1. The van der Waals surface area contributed by atoms with Gasteiger partial charge in [-0.05, 0) is 30.3 Å². The summed E-state index contributed by atoms with van der Waals surface area (Å²) in [7, 11) is 3.22. The predicted molar refractivity (Wildman–Crippen MR) is 90.6 cm³/mol.